The van der Waals surface area contributed by atoms with Gasteiger partial charge in [0.25, 0.3) is 0 Å². The third-order valence-electron chi connectivity index (χ3n) is 4.94. The fraction of sp³-hybridized carbons (Fsp3) is 0. The largest absolute Gasteiger partial charge is 0.456 e. The Labute approximate surface area is 169 Å². The molecule has 0 N–H and O–H groups in total. The Kier molecular flexibility index (Phi) is 4.23. The lowest BCUT2D eigenvalue weighted by Gasteiger charge is -2.22. The molecule has 0 amide bonds. The zero-order chi connectivity index (χ0) is 18.9. The van der Waals surface area contributed by atoms with Gasteiger partial charge in [0.15, 0.2) is 0 Å². The molecule has 0 unspecified atom stereocenters. The van der Waals surface area contributed by atoms with E-state index >= 15 is 0 Å². The number of allylic oxidation sites excluding steroid dienone is 2. The minimum Gasteiger partial charge on any atom is -0.456 e. The first kappa shape index (κ1) is 16.9. The van der Waals surface area contributed by atoms with Crippen molar-refractivity contribution in [3.63, 3.8) is 0 Å². The van der Waals surface area contributed by atoms with Gasteiger partial charge in [-0.2, -0.15) is 0 Å². The monoisotopic (exact) mass is 380 g/mol. The van der Waals surface area contributed by atoms with E-state index in [9.17, 15) is 0 Å². The van der Waals surface area contributed by atoms with Crippen LogP contribution in [0.3, 0.4) is 0 Å². The molecule has 4 aromatic rings. The first-order valence-corrected chi connectivity index (χ1v) is 9.60. The van der Waals surface area contributed by atoms with Crippen molar-refractivity contribution in [2.75, 3.05) is 0 Å². The maximum atomic E-state index is 6.31. The molecule has 0 atom stereocenters. The average Bonchev–Trinajstić information content (AvgIpc) is 2.74. The molecule has 4 aromatic carbocycles. The van der Waals surface area contributed by atoms with Gasteiger partial charge >= 0.3 is 0 Å². The highest BCUT2D eigenvalue weighted by Crippen LogP contribution is 2.42. The number of fused-ring (bicyclic) bond motifs is 3. The van der Waals surface area contributed by atoms with Gasteiger partial charge in [-0.15, -0.1) is 0 Å². The Bertz CT molecular complexity index is 1220. The van der Waals surface area contributed by atoms with Gasteiger partial charge in [0.1, 0.15) is 11.5 Å². The van der Waals surface area contributed by atoms with Gasteiger partial charge in [0, 0.05) is 16.1 Å². The molecule has 1 aliphatic heterocycles. The molecule has 0 radical (unpaired) electrons. The molecule has 1 aliphatic rings. The summed E-state index contributed by atoms with van der Waals surface area (Å²) in [6.07, 6.45) is 4.33. The number of benzene rings is 4. The van der Waals surface area contributed by atoms with Gasteiger partial charge in [0.05, 0.1) is 0 Å². The van der Waals surface area contributed by atoms with Gasteiger partial charge in [-0.05, 0) is 64.4 Å². The molecule has 134 valence electrons. The SMILES string of the molecule is Clc1ccc(C2=C/C(=C\c3ccccc3)c3c(ccc4ccccc34)O2)cc1. The number of hydrogen-bond donors (Lipinski definition) is 0. The summed E-state index contributed by atoms with van der Waals surface area (Å²) in [6.45, 7) is 0. The van der Waals surface area contributed by atoms with Crippen molar-refractivity contribution < 1.29 is 4.74 Å². The highest BCUT2D eigenvalue weighted by Gasteiger charge is 2.20. The third-order valence-corrected chi connectivity index (χ3v) is 5.19. The highest BCUT2D eigenvalue weighted by atomic mass is 35.5. The standard InChI is InChI=1S/C26H17ClO/c27-22-13-10-20(11-14-22)25-17-21(16-18-6-2-1-3-7-18)26-23-9-5-4-8-19(23)12-15-24(26)28-25/h1-17H/b21-16+. The zero-order valence-electron chi connectivity index (χ0n) is 15.1. The molecule has 0 bridgehead atoms. The van der Waals surface area contributed by atoms with Crippen LogP contribution in [0.25, 0.3) is 28.2 Å². The van der Waals surface area contributed by atoms with Crippen molar-refractivity contribution in [2.45, 2.75) is 0 Å². The lowest BCUT2D eigenvalue weighted by molar-refractivity contribution is 0.510. The summed E-state index contributed by atoms with van der Waals surface area (Å²) in [5.74, 6) is 1.69. The van der Waals surface area contributed by atoms with Gasteiger partial charge in [-0.3, -0.25) is 0 Å². The van der Waals surface area contributed by atoms with E-state index in [4.69, 9.17) is 16.3 Å². The first-order valence-electron chi connectivity index (χ1n) is 9.22. The fourth-order valence-electron chi connectivity index (χ4n) is 3.59. The third kappa shape index (κ3) is 3.11. The maximum absolute atomic E-state index is 6.31. The summed E-state index contributed by atoms with van der Waals surface area (Å²) >= 11 is 6.06. The van der Waals surface area contributed by atoms with Gasteiger partial charge < -0.3 is 4.74 Å². The summed E-state index contributed by atoms with van der Waals surface area (Å²) < 4.78 is 6.31. The number of hydrogen-bond acceptors (Lipinski definition) is 1. The van der Waals surface area contributed by atoms with E-state index < -0.39 is 0 Å². The Balaban J connectivity index is 1.74. The highest BCUT2D eigenvalue weighted by molar-refractivity contribution is 6.30. The van der Waals surface area contributed by atoms with E-state index in [1.54, 1.807) is 0 Å². The summed E-state index contributed by atoms with van der Waals surface area (Å²) in [5, 5.41) is 3.10. The van der Waals surface area contributed by atoms with Crippen molar-refractivity contribution in [1.82, 2.24) is 0 Å². The molecule has 0 aromatic heterocycles. The van der Waals surface area contributed by atoms with Crippen molar-refractivity contribution in [1.29, 1.82) is 0 Å². The molecule has 1 heterocycles. The normalized spacial score (nSPS) is 14.5. The minimum absolute atomic E-state index is 0.714. The van der Waals surface area contributed by atoms with E-state index in [1.807, 2.05) is 30.3 Å². The molecule has 5 rings (SSSR count). The quantitative estimate of drug-likeness (QED) is 0.350. The lowest BCUT2D eigenvalue weighted by Crippen LogP contribution is -2.04. The fourth-order valence-corrected chi connectivity index (χ4v) is 3.72. The zero-order valence-corrected chi connectivity index (χ0v) is 15.9. The Morgan fingerprint density at radius 1 is 0.714 bits per heavy atom. The van der Waals surface area contributed by atoms with E-state index in [-0.39, 0.29) is 0 Å². The van der Waals surface area contributed by atoms with E-state index in [0.717, 1.165) is 33.8 Å². The van der Waals surface area contributed by atoms with Crippen LogP contribution in [-0.2, 0) is 0 Å². The minimum atomic E-state index is 0.714. The Hall–Kier alpha value is -3.29. The van der Waals surface area contributed by atoms with Crippen molar-refractivity contribution in [2.24, 2.45) is 0 Å². The molecular formula is C26H17ClO. The molecule has 2 heteroatoms. The smallest absolute Gasteiger partial charge is 0.135 e. The summed E-state index contributed by atoms with van der Waals surface area (Å²) in [7, 11) is 0. The second kappa shape index (κ2) is 7.03. The Morgan fingerprint density at radius 2 is 1.46 bits per heavy atom. The van der Waals surface area contributed by atoms with E-state index in [1.165, 1.54) is 10.8 Å². The van der Waals surface area contributed by atoms with Crippen LogP contribution in [-0.4, -0.2) is 0 Å². The predicted molar refractivity (Wildman–Crippen MR) is 118 cm³/mol. The van der Waals surface area contributed by atoms with Gasteiger partial charge in [-0.25, -0.2) is 0 Å². The number of rotatable bonds is 2. The molecule has 0 saturated heterocycles. The summed E-state index contributed by atoms with van der Waals surface area (Å²) in [4.78, 5) is 0. The van der Waals surface area contributed by atoms with Crippen LogP contribution in [0.15, 0.2) is 97.1 Å². The van der Waals surface area contributed by atoms with Gasteiger partial charge in [0.2, 0.25) is 0 Å². The molecule has 0 fully saturated rings. The van der Waals surface area contributed by atoms with Crippen LogP contribution in [0.4, 0.5) is 0 Å². The maximum Gasteiger partial charge on any atom is 0.135 e. The second-order valence-electron chi connectivity index (χ2n) is 6.79. The number of ether oxygens (including phenoxy) is 1. The van der Waals surface area contributed by atoms with Crippen molar-refractivity contribution >= 4 is 39.8 Å². The van der Waals surface area contributed by atoms with Crippen LogP contribution in [0.5, 0.6) is 5.75 Å². The second-order valence-corrected chi connectivity index (χ2v) is 7.22. The first-order chi connectivity index (χ1) is 13.8. The van der Waals surface area contributed by atoms with Crippen LogP contribution in [0.1, 0.15) is 16.7 Å². The van der Waals surface area contributed by atoms with E-state index in [2.05, 4.69) is 72.8 Å². The summed E-state index contributed by atoms with van der Waals surface area (Å²) in [5.41, 5.74) is 4.42. The van der Waals surface area contributed by atoms with Crippen LogP contribution < -0.4 is 4.74 Å². The molecule has 0 saturated carbocycles. The van der Waals surface area contributed by atoms with Crippen LogP contribution in [0, 0.1) is 0 Å². The predicted octanol–water partition coefficient (Wildman–Crippen LogP) is 7.47. The molecule has 28 heavy (non-hydrogen) atoms. The number of halogens is 1. The van der Waals surface area contributed by atoms with Crippen LogP contribution in [0.2, 0.25) is 5.02 Å². The Morgan fingerprint density at radius 3 is 2.29 bits per heavy atom. The van der Waals surface area contributed by atoms with Gasteiger partial charge in [-0.1, -0.05) is 72.3 Å². The topological polar surface area (TPSA) is 9.23 Å². The van der Waals surface area contributed by atoms with Crippen LogP contribution >= 0.6 is 11.6 Å². The molecule has 0 spiro atoms. The lowest BCUT2D eigenvalue weighted by atomic mass is 9.92. The average molecular weight is 381 g/mol. The van der Waals surface area contributed by atoms with Crippen molar-refractivity contribution in [3.8, 4) is 5.75 Å². The van der Waals surface area contributed by atoms with E-state index in [0.29, 0.717) is 5.02 Å². The molecule has 1 nitrogen and oxygen atoms in total. The molecular weight excluding hydrogens is 364 g/mol. The van der Waals surface area contributed by atoms with Crippen molar-refractivity contribution in [3.05, 3.63) is 119 Å². The molecule has 0 aliphatic carbocycles. The summed E-state index contributed by atoms with van der Waals surface area (Å²) in [6, 6.07) is 30.7.